The summed E-state index contributed by atoms with van der Waals surface area (Å²) in [6, 6.07) is 5.99. The second-order valence-corrected chi connectivity index (χ2v) is 4.21. The van der Waals surface area contributed by atoms with Crippen LogP contribution < -0.4 is 11.1 Å². The van der Waals surface area contributed by atoms with Gasteiger partial charge < -0.3 is 20.7 Å². The largest absolute Gasteiger partial charge is 0.481 e. The SMILES string of the molecule is NC(CC(=O)O)C(=O)Nc1cccc(-n2ccnc2)c1. The number of imidazole rings is 1. The van der Waals surface area contributed by atoms with Gasteiger partial charge in [-0.25, -0.2) is 4.98 Å². The lowest BCUT2D eigenvalue weighted by Gasteiger charge is -2.11. The minimum Gasteiger partial charge on any atom is -0.481 e. The van der Waals surface area contributed by atoms with Gasteiger partial charge in [-0.2, -0.15) is 0 Å². The topological polar surface area (TPSA) is 110 Å². The molecule has 1 unspecified atom stereocenters. The van der Waals surface area contributed by atoms with Gasteiger partial charge in [0.05, 0.1) is 18.8 Å². The van der Waals surface area contributed by atoms with Crippen LogP contribution in [0.25, 0.3) is 5.69 Å². The Bertz CT molecular complexity index is 610. The van der Waals surface area contributed by atoms with Crippen molar-refractivity contribution in [1.82, 2.24) is 9.55 Å². The molecule has 0 fully saturated rings. The zero-order valence-electron chi connectivity index (χ0n) is 10.6. The van der Waals surface area contributed by atoms with Crippen molar-refractivity contribution in [3.05, 3.63) is 43.0 Å². The number of aliphatic carboxylic acids is 1. The second-order valence-electron chi connectivity index (χ2n) is 4.21. The fourth-order valence-corrected chi connectivity index (χ4v) is 1.67. The Kier molecular flexibility index (Phi) is 4.11. The van der Waals surface area contributed by atoms with Gasteiger partial charge >= 0.3 is 5.97 Å². The molecule has 1 atom stereocenters. The van der Waals surface area contributed by atoms with E-state index in [1.165, 1.54) is 0 Å². The van der Waals surface area contributed by atoms with Crippen LogP contribution in [0.2, 0.25) is 0 Å². The first-order chi connectivity index (χ1) is 9.56. The van der Waals surface area contributed by atoms with Crippen molar-refractivity contribution in [2.45, 2.75) is 12.5 Å². The van der Waals surface area contributed by atoms with Gasteiger partial charge in [0.2, 0.25) is 5.91 Å². The molecule has 0 saturated heterocycles. The molecule has 0 aliphatic rings. The van der Waals surface area contributed by atoms with Crippen molar-refractivity contribution in [3.63, 3.8) is 0 Å². The first kappa shape index (κ1) is 13.8. The van der Waals surface area contributed by atoms with E-state index in [4.69, 9.17) is 10.8 Å². The fourth-order valence-electron chi connectivity index (χ4n) is 1.67. The molecular weight excluding hydrogens is 260 g/mol. The highest BCUT2D eigenvalue weighted by molar-refractivity contribution is 5.96. The van der Waals surface area contributed by atoms with E-state index in [1.807, 2.05) is 6.07 Å². The number of anilines is 1. The summed E-state index contributed by atoms with van der Waals surface area (Å²) in [5.41, 5.74) is 6.86. The van der Waals surface area contributed by atoms with Crippen molar-refractivity contribution in [2.24, 2.45) is 5.73 Å². The van der Waals surface area contributed by atoms with Crippen molar-refractivity contribution < 1.29 is 14.7 Å². The summed E-state index contributed by atoms with van der Waals surface area (Å²) < 4.78 is 1.78. The monoisotopic (exact) mass is 274 g/mol. The van der Waals surface area contributed by atoms with Gasteiger partial charge in [-0.15, -0.1) is 0 Å². The number of carbonyl (C=O) groups is 2. The normalized spacial score (nSPS) is 11.8. The Morgan fingerprint density at radius 3 is 2.90 bits per heavy atom. The van der Waals surface area contributed by atoms with Crippen LogP contribution in [0.5, 0.6) is 0 Å². The molecule has 0 aliphatic carbocycles. The standard InChI is InChI=1S/C13H14N4O3/c14-11(7-12(18)19)13(20)16-9-2-1-3-10(6-9)17-5-4-15-8-17/h1-6,8,11H,7,14H2,(H,16,20)(H,18,19). The third-order valence-electron chi connectivity index (χ3n) is 2.65. The number of nitrogens with zero attached hydrogens (tertiary/aromatic N) is 2. The molecule has 1 heterocycles. The van der Waals surface area contributed by atoms with Crippen molar-refractivity contribution in [2.75, 3.05) is 5.32 Å². The second kappa shape index (κ2) is 5.98. The number of hydrogen-bond acceptors (Lipinski definition) is 4. The van der Waals surface area contributed by atoms with Crippen LogP contribution in [-0.4, -0.2) is 32.6 Å². The van der Waals surface area contributed by atoms with Crippen molar-refractivity contribution in [3.8, 4) is 5.69 Å². The van der Waals surface area contributed by atoms with Gasteiger partial charge in [-0.1, -0.05) is 6.07 Å². The molecular formula is C13H14N4O3. The summed E-state index contributed by atoms with van der Waals surface area (Å²) in [7, 11) is 0. The summed E-state index contributed by atoms with van der Waals surface area (Å²) in [6.45, 7) is 0. The Morgan fingerprint density at radius 1 is 1.45 bits per heavy atom. The number of hydrogen-bond donors (Lipinski definition) is 3. The quantitative estimate of drug-likeness (QED) is 0.740. The number of aromatic nitrogens is 2. The number of nitrogens with two attached hydrogens (primary N) is 1. The molecule has 0 bridgehead atoms. The van der Waals surface area contributed by atoms with Crippen LogP contribution >= 0.6 is 0 Å². The Balaban J connectivity index is 2.08. The Hall–Kier alpha value is -2.67. The van der Waals surface area contributed by atoms with E-state index in [0.717, 1.165) is 5.69 Å². The molecule has 1 aromatic carbocycles. The van der Waals surface area contributed by atoms with E-state index in [2.05, 4.69) is 10.3 Å². The highest BCUT2D eigenvalue weighted by Crippen LogP contribution is 2.14. The Labute approximate surface area is 115 Å². The van der Waals surface area contributed by atoms with Crippen molar-refractivity contribution in [1.29, 1.82) is 0 Å². The highest BCUT2D eigenvalue weighted by atomic mass is 16.4. The first-order valence-electron chi connectivity index (χ1n) is 5.93. The van der Waals surface area contributed by atoms with Crippen LogP contribution in [0, 0.1) is 0 Å². The van der Waals surface area contributed by atoms with E-state index in [1.54, 1.807) is 41.5 Å². The number of carbonyl (C=O) groups excluding carboxylic acids is 1. The number of rotatable bonds is 5. The molecule has 1 aromatic heterocycles. The molecule has 4 N–H and O–H groups in total. The van der Waals surface area contributed by atoms with Gasteiger partial charge in [0.25, 0.3) is 0 Å². The van der Waals surface area contributed by atoms with Crippen LogP contribution in [0.15, 0.2) is 43.0 Å². The van der Waals surface area contributed by atoms with Crippen LogP contribution in [0.4, 0.5) is 5.69 Å². The van der Waals surface area contributed by atoms with Gasteiger partial charge in [-0.05, 0) is 18.2 Å². The minimum atomic E-state index is -1.11. The lowest BCUT2D eigenvalue weighted by atomic mass is 10.2. The van der Waals surface area contributed by atoms with Gasteiger partial charge in [0.15, 0.2) is 0 Å². The average Bonchev–Trinajstić information content (AvgIpc) is 2.92. The van der Waals surface area contributed by atoms with E-state index in [0.29, 0.717) is 5.69 Å². The summed E-state index contributed by atoms with van der Waals surface area (Å²) >= 11 is 0. The van der Waals surface area contributed by atoms with Crippen LogP contribution in [0.3, 0.4) is 0 Å². The predicted molar refractivity (Wildman–Crippen MR) is 72.4 cm³/mol. The summed E-state index contributed by atoms with van der Waals surface area (Å²) in [5.74, 6) is -1.64. The molecule has 104 valence electrons. The third kappa shape index (κ3) is 3.42. The fraction of sp³-hybridized carbons (Fsp3) is 0.154. The molecule has 1 amide bonds. The summed E-state index contributed by atoms with van der Waals surface area (Å²) in [5, 5.41) is 11.2. The molecule has 0 spiro atoms. The lowest BCUT2D eigenvalue weighted by molar-refractivity contribution is -0.138. The average molecular weight is 274 g/mol. The minimum absolute atomic E-state index is 0.410. The van der Waals surface area contributed by atoms with Gasteiger partial charge in [0.1, 0.15) is 0 Å². The maximum atomic E-state index is 11.7. The highest BCUT2D eigenvalue weighted by Gasteiger charge is 2.17. The number of carboxylic acid groups (broad SMARTS) is 1. The van der Waals surface area contributed by atoms with Crippen LogP contribution in [0.1, 0.15) is 6.42 Å². The zero-order chi connectivity index (χ0) is 14.5. The predicted octanol–water partition coefficient (Wildman–Crippen LogP) is 0.613. The Morgan fingerprint density at radius 2 is 2.25 bits per heavy atom. The first-order valence-corrected chi connectivity index (χ1v) is 5.93. The molecule has 20 heavy (non-hydrogen) atoms. The molecule has 7 heteroatoms. The number of carboxylic acids is 1. The lowest BCUT2D eigenvalue weighted by Crippen LogP contribution is -2.37. The third-order valence-corrected chi connectivity index (χ3v) is 2.65. The van der Waals surface area contributed by atoms with Crippen molar-refractivity contribution >= 4 is 17.6 Å². The smallest absolute Gasteiger partial charge is 0.305 e. The molecule has 0 saturated carbocycles. The maximum absolute atomic E-state index is 11.7. The maximum Gasteiger partial charge on any atom is 0.305 e. The van der Waals surface area contributed by atoms with E-state index >= 15 is 0 Å². The molecule has 7 nitrogen and oxygen atoms in total. The number of benzene rings is 1. The molecule has 0 aliphatic heterocycles. The molecule has 2 rings (SSSR count). The molecule has 0 radical (unpaired) electrons. The van der Waals surface area contributed by atoms with Gasteiger partial charge in [-0.3, -0.25) is 9.59 Å². The zero-order valence-corrected chi connectivity index (χ0v) is 10.6. The van der Waals surface area contributed by atoms with E-state index in [-0.39, 0.29) is 0 Å². The number of nitrogens with one attached hydrogen (secondary N) is 1. The molecule has 2 aromatic rings. The summed E-state index contributed by atoms with van der Waals surface area (Å²) in [4.78, 5) is 26.2. The number of amides is 1. The van der Waals surface area contributed by atoms with Crippen LogP contribution in [-0.2, 0) is 9.59 Å². The summed E-state index contributed by atoms with van der Waals surface area (Å²) in [6.07, 6.45) is 4.65. The van der Waals surface area contributed by atoms with Gasteiger partial charge in [0, 0.05) is 23.8 Å². The van der Waals surface area contributed by atoms with E-state index in [9.17, 15) is 9.59 Å². The van der Waals surface area contributed by atoms with E-state index < -0.39 is 24.3 Å².